The minimum atomic E-state index is -0.251. The van der Waals surface area contributed by atoms with Gasteiger partial charge < -0.3 is 5.73 Å². The molecule has 0 atom stereocenters. The first-order valence-electron chi connectivity index (χ1n) is 6.09. The number of hydrogen-bond donors (Lipinski definition) is 1. The van der Waals surface area contributed by atoms with Gasteiger partial charge in [0.15, 0.2) is 5.82 Å². The number of halogens is 1. The average Bonchev–Trinajstić information content (AvgIpc) is 2.92. The topological polar surface area (TPSA) is 57.8 Å². The van der Waals surface area contributed by atoms with Crippen LogP contribution in [0.3, 0.4) is 0 Å². The Morgan fingerprint density at radius 3 is 2.68 bits per heavy atom. The second-order valence-corrected chi connectivity index (χ2v) is 5.41. The fraction of sp³-hybridized carbons (Fsp3) is 0.231. The molecule has 0 saturated carbocycles. The van der Waals surface area contributed by atoms with Crippen molar-refractivity contribution >= 4 is 16.3 Å². The van der Waals surface area contributed by atoms with Crippen LogP contribution in [0, 0.1) is 12.7 Å². The lowest BCUT2D eigenvalue weighted by Gasteiger charge is -1.95. The van der Waals surface area contributed by atoms with Crippen LogP contribution in [0.1, 0.15) is 10.6 Å². The van der Waals surface area contributed by atoms with Crippen molar-refractivity contribution in [2.45, 2.75) is 13.3 Å². The van der Waals surface area contributed by atoms with E-state index >= 15 is 0 Å². The summed E-state index contributed by atoms with van der Waals surface area (Å²) in [5, 5.41) is 4.49. The van der Waals surface area contributed by atoms with Gasteiger partial charge in [0, 0.05) is 16.9 Å². The number of thiazole rings is 1. The van der Waals surface area contributed by atoms with Crippen molar-refractivity contribution in [1.29, 1.82) is 0 Å². The van der Waals surface area contributed by atoms with Gasteiger partial charge in [-0.05, 0) is 31.2 Å². The van der Waals surface area contributed by atoms with E-state index < -0.39 is 0 Å². The number of aryl methyl sites for hydroxylation is 1. The van der Waals surface area contributed by atoms with Crippen LogP contribution < -0.4 is 5.73 Å². The number of hydrogen-bond acceptors (Lipinski definition) is 3. The predicted molar refractivity (Wildman–Crippen MR) is 72.5 cm³/mol. The molecule has 0 unspecified atom stereocenters. The van der Waals surface area contributed by atoms with Crippen LogP contribution in [-0.2, 0) is 6.42 Å². The van der Waals surface area contributed by atoms with Crippen molar-refractivity contribution in [2.24, 2.45) is 0 Å². The maximum atomic E-state index is 12.9. The normalized spacial score (nSPS) is 11.3. The van der Waals surface area contributed by atoms with Gasteiger partial charge in [0.2, 0.25) is 4.96 Å². The van der Waals surface area contributed by atoms with Gasteiger partial charge in [-0.15, -0.1) is 5.10 Å². The minimum Gasteiger partial charge on any atom is -0.357 e. The van der Waals surface area contributed by atoms with Gasteiger partial charge in [-0.2, -0.15) is 4.98 Å². The molecule has 2 aromatic heterocycles. The fourth-order valence-corrected chi connectivity index (χ4v) is 3.10. The van der Waals surface area contributed by atoms with Crippen LogP contribution in [0.5, 0.6) is 0 Å². The average molecular weight is 277 g/mol. The van der Waals surface area contributed by atoms with E-state index in [1.54, 1.807) is 23.5 Å². The van der Waals surface area contributed by atoms with Gasteiger partial charge in [-0.3, -0.25) is 0 Å². The maximum absolute atomic E-state index is 12.9. The molecule has 0 amide bonds. The highest BCUT2D eigenvalue weighted by Gasteiger charge is 2.14. The molecule has 0 radical (unpaired) electrons. The molecule has 0 spiro atoms. The molecule has 0 aliphatic rings. The Labute approximate surface area is 113 Å². The molecule has 0 aliphatic heterocycles. The Hall–Kier alpha value is -1.79. The largest absolute Gasteiger partial charge is 0.357 e. The Kier molecular flexibility index (Phi) is 3.04. The third-order valence-corrected chi connectivity index (χ3v) is 4.21. The monoisotopic (exact) mass is 277 g/mol. The molecule has 1 aromatic carbocycles. The van der Waals surface area contributed by atoms with E-state index in [1.165, 1.54) is 17.0 Å². The zero-order valence-electron chi connectivity index (χ0n) is 10.6. The molecule has 3 aromatic rings. The van der Waals surface area contributed by atoms with E-state index in [0.717, 1.165) is 29.2 Å². The molecule has 4 nitrogen and oxygen atoms in total. The lowest BCUT2D eigenvalue weighted by Crippen LogP contribution is -2.51. The smallest absolute Gasteiger partial charge is 0.212 e. The van der Waals surface area contributed by atoms with Gasteiger partial charge >= 0.3 is 0 Å². The van der Waals surface area contributed by atoms with Gasteiger partial charge in [-0.25, -0.2) is 8.91 Å². The quantitative estimate of drug-likeness (QED) is 0.792. The Balaban J connectivity index is 2.05. The summed E-state index contributed by atoms with van der Waals surface area (Å²) in [7, 11) is 0. The van der Waals surface area contributed by atoms with Crippen LogP contribution >= 0.6 is 11.3 Å². The number of aromatic nitrogens is 3. The first kappa shape index (κ1) is 12.3. The molecule has 19 heavy (non-hydrogen) atoms. The molecule has 3 rings (SSSR count). The van der Waals surface area contributed by atoms with Crippen LogP contribution in [-0.4, -0.2) is 21.1 Å². The first-order valence-corrected chi connectivity index (χ1v) is 6.91. The van der Waals surface area contributed by atoms with Gasteiger partial charge in [0.25, 0.3) is 0 Å². The van der Waals surface area contributed by atoms with Gasteiger partial charge in [0.05, 0.1) is 12.2 Å². The summed E-state index contributed by atoms with van der Waals surface area (Å²) >= 11 is 1.64. The molecule has 0 aliphatic carbocycles. The standard InChI is InChI=1S/C13H13FN4S/c1-8-11(6-7-15)19-13-16-12(17-18(8)13)9-2-4-10(14)5-3-9/h2-5H,6-7,15H2,1H3/p+1. The predicted octanol–water partition coefficient (Wildman–Crippen LogP) is 1.69. The van der Waals surface area contributed by atoms with Crippen molar-refractivity contribution in [3.63, 3.8) is 0 Å². The van der Waals surface area contributed by atoms with Gasteiger partial charge in [0.1, 0.15) is 5.82 Å². The van der Waals surface area contributed by atoms with Gasteiger partial charge in [-0.1, -0.05) is 11.3 Å². The van der Waals surface area contributed by atoms with Crippen molar-refractivity contribution in [1.82, 2.24) is 14.6 Å². The highest BCUT2D eigenvalue weighted by Crippen LogP contribution is 2.24. The number of rotatable bonds is 3. The summed E-state index contributed by atoms with van der Waals surface area (Å²) in [4.78, 5) is 6.65. The van der Waals surface area contributed by atoms with Crippen molar-refractivity contribution in [2.75, 3.05) is 6.54 Å². The molecular formula is C13H14FN4S+. The van der Waals surface area contributed by atoms with E-state index in [9.17, 15) is 4.39 Å². The number of quaternary nitrogens is 1. The zero-order chi connectivity index (χ0) is 13.4. The Bertz CT molecular complexity index is 714. The second kappa shape index (κ2) is 4.71. The molecule has 2 heterocycles. The second-order valence-electron chi connectivity index (χ2n) is 4.35. The van der Waals surface area contributed by atoms with Crippen molar-refractivity contribution in [3.8, 4) is 11.4 Å². The lowest BCUT2D eigenvalue weighted by atomic mass is 10.2. The van der Waals surface area contributed by atoms with Crippen LogP contribution in [0.4, 0.5) is 4.39 Å². The number of benzene rings is 1. The minimum absolute atomic E-state index is 0.251. The molecule has 98 valence electrons. The summed E-state index contributed by atoms with van der Waals surface area (Å²) in [6, 6.07) is 6.24. The lowest BCUT2D eigenvalue weighted by molar-refractivity contribution is -0.366. The maximum Gasteiger partial charge on any atom is 0.212 e. The van der Waals surface area contributed by atoms with Crippen LogP contribution in [0.25, 0.3) is 16.3 Å². The van der Waals surface area contributed by atoms with Crippen molar-refractivity contribution < 1.29 is 10.1 Å². The summed E-state index contributed by atoms with van der Waals surface area (Å²) in [6.07, 6.45) is 0.952. The van der Waals surface area contributed by atoms with E-state index in [0.29, 0.717) is 5.82 Å². The summed E-state index contributed by atoms with van der Waals surface area (Å²) in [5.74, 6) is 0.384. The molecule has 0 saturated heterocycles. The third-order valence-electron chi connectivity index (χ3n) is 3.02. The number of fused-ring (bicyclic) bond motifs is 1. The summed E-state index contributed by atoms with van der Waals surface area (Å²) < 4.78 is 14.8. The zero-order valence-corrected chi connectivity index (χ0v) is 11.4. The Morgan fingerprint density at radius 1 is 1.32 bits per heavy atom. The molecule has 0 fully saturated rings. The highest BCUT2D eigenvalue weighted by molar-refractivity contribution is 7.17. The SMILES string of the molecule is Cc1c(CC[NH3+])sc2nc(-c3ccc(F)cc3)nn12. The molecule has 0 bridgehead atoms. The molecular weight excluding hydrogens is 263 g/mol. The van der Waals surface area contributed by atoms with E-state index in [1.807, 2.05) is 11.4 Å². The van der Waals surface area contributed by atoms with E-state index in [2.05, 4.69) is 15.8 Å². The summed E-state index contributed by atoms with van der Waals surface area (Å²) in [5.41, 5.74) is 5.82. The highest BCUT2D eigenvalue weighted by atomic mass is 32.1. The first-order chi connectivity index (χ1) is 9.19. The van der Waals surface area contributed by atoms with E-state index in [4.69, 9.17) is 0 Å². The van der Waals surface area contributed by atoms with E-state index in [-0.39, 0.29) is 5.82 Å². The van der Waals surface area contributed by atoms with Crippen LogP contribution in [0.15, 0.2) is 24.3 Å². The Morgan fingerprint density at radius 2 is 2.05 bits per heavy atom. The molecule has 6 heteroatoms. The van der Waals surface area contributed by atoms with Crippen LogP contribution in [0.2, 0.25) is 0 Å². The fourth-order valence-electron chi connectivity index (χ4n) is 2.00. The van der Waals surface area contributed by atoms with Crippen molar-refractivity contribution in [3.05, 3.63) is 40.7 Å². The summed E-state index contributed by atoms with van der Waals surface area (Å²) in [6.45, 7) is 2.91. The molecule has 3 N–H and O–H groups in total. The number of nitrogens with zero attached hydrogens (tertiary/aromatic N) is 3. The third kappa shape index (κ3) is 2.13.